The standard InChI is InChI=1S/C23H39N7O4/c1-12-16(2)13-25-15-29(11)19(26-20(31)33-22(5,6)7)30(21(32)34-23(8,9)10)14-17(3)27-28-18(4)24/h13,15,24H,3,12,14H2,1-2,4-11H3/b16-13+,24-18?,25-15?,26-19+,28-27?. The molecule has 34 heavy (non-hydrogen) atoms. The molecule has 0 fully saturated rings. The van der Waals surface area contributed by atoms with E-state index in [1.807, 2.05) is 13.8 Å². The Morgan fingerprint density at radius 1 is 1.03 bits per heavy atom. The molecular formula is C23H39N7O4. The number of hydrogen-bond acceptors (Lipinski definition) is 7. The Labute approximate surface area is 202 Å². The van der Waals surface area contributed by atoms with Crippen molar-refractivity contribution in [1.29, 1.82) is 5.41 Å². The number of rotatable bonds is 6. The van der Waals surface area contributed by atoms with Gasteiger partial charge in [0.05, 0.1) is 18.6 Å². The number of hydrogen-bond donors (Lipinski definition) is 1. The van der Waals surface area contributed by atoms with Crippen molar-refractivity contribution in [1.82, 2.24) is 9.80 Å². The topological polar surface area (TPSA) is 132 Å². The number of carbonyl (C=O) groups is 2. The maximum atomic E-state index is 13.1. The highest BCUT2D eigenvalue weighted by Gasteiger charge is 2.30. The molecule has 0 unspecified atom stereocenters. The van der Waals surface area contributed by atoms with E-state index in [0.29, 0.717) is 0 Å². The molecule has 0 heterocycles. The maximum Gasteiger partial charge on any atom is 0.437 e. The van der Waals surface area contributed by atoms with E-state index in [9.17, 15) is 9.59 Å². The fourth-order valence-corrected chi connectivity index (χ4v) is 1.99. The van der Waals surface area contributed by atoms with Gasteiger partial charge in [-0.05, 0) is 61.8 Å². The smallest absolute Gasteiger partial charge is 0.437 e. The van der Waals surface area contributed by atoms with Crippen molar-refractivity contribution < 1.29 is 19.1 Å². The lowest BCUT2D eigenvalue weighted by Crippen LogP contribution is -2.48. The van der Waals surface area contributed by atoms with E-state index < -0.39 is 23.4 Å². The Balaban J connectivity index is 6.46. The number of carbonyl (C=O) groups excluding carboxylic acids is 2. The highest BCUT2D eigenvalue weighted by Crippen LogP contribution is 2.15. The number of ether oxygens (including phenoxy) is 2. The molecule has 0 aliphatic carbocycles. The SMILES string of the molecule is C=C(CN(C(=O)OC(C)(C)C)/C(=N/C(=O)OC(C)(C)C)N(C)C=N/C=C(\C)CC)N=NC(C)=N. The molecule has 0 bridgehead atoms. The molecule has 0 rings (SSSR count). The monoisotopic (exact) mass is 477 g/mol. The zero-order valence-electron chi connectivity index (χ0n) is 22.1. The lowest BCUT2D eigenvalue weighted by molar-refractivity contribution is 0.0367. The molecule has 0 atom stereocenters. The number of azo groups is 1. The van der Waals surface area contributed by atoms with Crippen LogP contribution in [0.25, 0.3) is 0 Å². The minimum atomic E-state index is -0.904. The molecule has 1 N–H and O–H groups in total. The number of amidine groups is 1. The van der Waals surface area contributed by atoms with E-state index in [0.717, 1.165) is 16.9 Å². The van der Waals surface area contributed by atoms with Gasteiger partial charge in [-0.15, -0.1) is 10.1 Å². The quantitative estimate of drug-likeness (QED) is 0.295. The largest absolute Gasteiger partial charge is 0.443 e. The normalized spacial score (nSPS) is 13.2. The van der Waals surface area contributed by atoms with Crippen LogP contribution in [0.1, 0.15) is 68.7 Å². The highest BCUT2D eigenvalue weighted by molar-refractivity contribution is 6.03. The summed E-state index contributed by atoms with van der Waals surface area (Å²) >= 11 is 0. The average molecular weight is 478 g/mol. The molecule has 11 heteroatoms. The third-order valence-corrected chi connectivity index (χ3v) is 3.53. The predicted molar refractivity (Wildman–Crippen MR) is 134 cm³/mol. The number of nitrogens with zero attached hydrogens (tertiary/aromatic N) is 6. The van der Waals surface area contributed by atoms with Gasteiger partial charge in [0, 0.05) is 13.2 Å². The number of aliphatic imine (C=N–C) groups is 2. The summed E-state index contributed by atoms with van der Waals surface area (Å²) in [6, 6.07) is 0. The van der Waals surface area contributed by atoms with E-state index in [1.54, 1.807) is 54.8 Å². The van der Waals surface area contributed by atoms with Crippen molar-refractivity contribution in [2.45, 2.75) is 79.9 Å². The van der Waals surface area contributed by atoms with Gasteiger partial charge in [0.25, 0.3) is 0 Å². The van der Waals surface area contributed by atoms with Crippen LogP contribution in [0.2, 0.25) is 0 Å². The summed E-state index contributed by atoms with van der Waals surface area (Å²) in [6.07, 6.45) is 2.20. The predicted octanol–water partition coefficient (Wildman–Crippen LogP) is 5.75. The second-order valence-electron chi connectivity index (χ2n) is 9.51. The Morgan fingerprint density at radius 2 is 1.59 bits per heavy atom. The summed E-state index contributed by atoms with van der Waals surface area (Å²) in [6.45, 7) is 19.2. The molecule has 0 aliphatic heterocycles. The highest BCUT2D eigenvalue weighted by atomic mass is 16.6. The minimum Gasteiger partial charge on any atom is -0.443 e. The van der Waals surface area contributed by atoms with Crippen molar-refractivity contribution in [3.63, 3.8) is 0 Å². The molecule has 0 radical (unpaired) electrons. The summed E-state index contributed by atoms with van der Waals surface area (Å²) in [7, 11) is 1.57. The van der Waals surface area contributed by atoms with Crippen LogP contribution in [0.5, 0.6) is 0 Å². The number of amides is 2. The molecule has 11 nitrogen and oxygen atoms in total. The second kappa shape index (κ2) is 13.4. The van der Waals surface area contributed by atoms with Gasteiger partial charge < -0.3 is 14.4 Å². The molecule has 0 aliphatic rings. The van der Waals surface area contributed by atoms with Crippen LogP contribution in [0.15, 0.2) is 44.3 Å². The zero-order chi connectivity index (χ0) is 26.7. The molecule has 0 aromatic rings. The first-order chi connectivity index (χ1) is 15.4. The van der Waals surface area contributed by atoms with Crippen molar-refractivity contribution in [3.05, 3.63) is 24.0 Å². The summed E-state index contributed by atoms with van der Waals surface area (Å²) in [5.74, 6) is -0.146. The number of nitrogens with one attached hydrogen (secondary N) is 1. The van der Waals surface area contributed by atoms with E-state index >= 15 is 0 Å². The molecule has 0 saturated carbocycles. The van der Waals surface area contributed by atoms with Gasteiger partial charge in [0.1, 0.15) is 17.0 Å². The Hall–Kier alpha value is -3.37. The second-order valence-corrected chi connectivity index (χ2v) is 9.51. The number of allylic oxidation sites excluding steroid dienone is 1. The van der Waals surface area contributed by atoms with Gasteiger partial charge in [0.15, 0.2) is 0 Å². The van der Waals surface area contributed by atoms with E-state index in [-0.39, 0.29) is 24.0 Å². The maximum absolute atomic E-state index is 13.1. The summed E-state index contributed by atoms with van der Waals surface area (Å²) in [5.41, 5.74) is -0.444. The van der Waals surface area contributed by atoms with Crippen LogP contribution in [0.3, 0.4) is 0 Å². The van der Waals surface area contributed by atoms with Crippen LogP contribution in [0, 0.1) is 5.41 Å². The van der Waals surface area contributed by atoms with Crippen LogP contribution >= 0.6 is 0 Å². The van der Waals surface area contributed by atoms with Crippen molar-refractivity contribution in [3.8, 4) is 0 Å². The first-order valence-corrected chi connectivity index (χ1v) is 10.8. The van der Waals surface area contributed by atoms with Crippen LogP contribution in [0.4, 0.5) is 9.59 Å². The molecule has 190 valence electrons. The van der Waals surface area contributed by atoms with Gasteiger partial charge in [-0.25, -0.2) is 19.5 Å². The third-order valence-electron chi connectivity index (χ3n) is 3.53. The van der Waals surface area contributed by atoms with Gasteiger partial charge in [-0.2, -0.15) is 5.11 Å². The third kappa shape index (κ3) is 13.9. The van der Waals surface area contributed by atoms with Crippen molar-refractivity contribution in [2.24, 2.45) is 20.2 Å². The van der Waals surface area contributed by atoms with Crippen LogP contribution in [-0.2, 0) is 9.47 Å². The van der Waals surface area contributed by atoms with Crippen molar-refractivity contribution >= 4 is 30.3 Å². The van der Waals surface area contributed by atoms with Gasteiger partial charge >= 0.3 is 12.2 Å². The van der Waals surface area contributed by atoms with Crippen molar-refractivity contribution in [2.75, 3.05) is 13.6 Å². The Kier molecular flexibility index (Phi) is 12.0. The molecule has 0 aromatic heterocycles. The van der Waals surface area contributed by atoms with E-state index in [1.165, 1.54) is 18.2 Å². The molecular weight excluding hydrogens is 438 g/mol. The van der Waals surface area contributed by atoms with Crippen LogP contribution in [-0.4, -0.2) is 64.9 Å². The average Bonchev–Trinajstić information content (AvgIpc) is 2.65. The molecule has 0 aromatic carbocycles. The van der Waals surface area contributed by atoms with E-state index in [4.69, 9.17) is 14.9 Å². The Morgan fingerprint density at radius 3 is 2.06 bits per heavy atom. The lowest BCUT2D eigenvalue weighted by Gasteiger charge is -2.30. The lowest BCUT2D eigenvalue weighted by atomic mass is 10.2. The summed E-state index contributed by atoms with van der Waals surface area (Å²) in [5, 5.41) is 14.9. The fourth-order valence-electron chi connectivity index (χ4n) is 1.99. The molecule has 0 spiro atoms. The summed E-state index contributed by atoms with van der Waals surface area (Å²) < 4.78 is 10.8. The zero-order valence-corrected chi connectivity index (χ0v) is 22.1. The first kappa shape index (κ1) is 30.6. The first-order valence-electron chi connectivity index (χ1n) is 10.8. The van der Waals surface area contributed by atoms with Gasteiger partial charge in [0.2, 0.25) is 5.96 Å². The Bertz CT molecular complexity index is 875. The van der Waals surface area contributed by atoms with E-state index in [2.05, 4.69) is 26.8 Å². The molecule has 2 amide bonds. The fraction of sp³-hybridized carbons (Fsp3) is 0.609. The summed E-state index contributed by atoms with van der Waals surface area (Å²) in [4.78, 5) is 36.4. The van der Waals surface area contributed by atoms with Gasteiger partial charge in [-0.3, -0.25) is 5.41 Å². The van der Waals surface area contributed by atoms with Crippen LogP contribution < -0.4 is 0 Å². The minimum absolute atomic E-state index is 0.0325. The number of guanidine groups is 1. The molecule has 0 saturated heterocycles. The van der Waals surface area contributed by atoms with Gasteiger partial charge in [-0.1, -0.05) is 19.1 Å².